The van der Waals surface area contributed by atoms with E-state index in [0.29, 0.717) is 54.6 Å². The Morgan fingerprint density at radius 3 is 2.47 bits per heavy atom. The van der Waals surface area contributed by atoms with Crippen LogP contribution in [0.2, 0.25) is 0 Å². The van der Waals surface area contributed by atoms with Crippen LogP contribution in [-0.4, -0.2) is 83.5 Å². The second-order valence-electron chi connectivity index (χ2n) is 7.99. The van der Waals surface area contributed by atoms with Crippen molar-refractivity contribution in [2.45, 2.75) is 11.8 Å². The van der Waals surface area contributed by atoms with Gasteiger partial charge < -0.3 is 25.0 Å². The molecule has 3 rings (SSSR count). The van der Waals surface area contributed by atoms with E-state index >= 15 is 0 Å². The molecule has 0 bridgehead atoms. The minimum Gasteiger partial charge on any atom is -0.495 e. The highest BCUT2D eigenvalue weighted by molar-refractivity contribution is 7.89. The van der Waals surface area contributed by atoms with Crippen LogP contribution in [0.4, 0.5) is 11.4 Å². The van der Waals surface area contributed by atoms with E-state index in [4.69, 9.17) is 9.47 Å². The maximum Gasteiger partial charge on any atom is 0.254 e. The first-order chi connectivity index (χ1) is 16.1. The quantitative estimate of drug-likeness (QED) is 0.579. The van der Waals surface area contributed by atoms with Gasteiger partial charge in [-0.2, -0.15) is 0 Å². The number of sulfonamides is 1. The third kappa shape index (κ3) is 5.85. The second kappa shape index (κ2) is 10.9. The SMILES string of the molecule is COc1ccc(C(=O)N2CCOCC2)cc1NCC(=O)Nc1ccc(C)c(S(=O)(=O)N(C)C)c1. The van der Waals surface area contributed by atoms with E-state index in [1.165, 1.54) is 27.3 Å². The van der Waals surface area contributed by atoms with Crippen molar-refractivity contribution in [2.24, 2.45) is 0 Å². The molecule has 0 atom stereocenters. The largest absolute Gasteiger partial charge is 0.495 e. The number of methoxy groups -OCH3 is 1. The van der Waals surface area contributed by atoms with E-state index in [9.17, 15) is 18.0 Å². The van der Waals surface area contributed by atoms with Gasteiger partial charge in [0.15, 0.2) is 0 Å². The van der Waals surface area contributed by atoms with Gasteiger partial charge >= 0.3 is 0 Å². The van der Waals surface area contributed by atoms with Crippen LogP contribution in [-0.2, 0) is 19.6 Å². The molecule has 34 heavy (non-hydrogen) atoms. The molecule has 10 nitrogen and oxygen atoms in total. The minimum absolute atomic E-state index is 0.116. The standard InChI is InChI=1S/C23H30N4O6S/c1-16-5-7-18(14-21(16)34(30,31)26(2)3)25-22(28)15-24-19-13-17(6-8-20(19)32-4)23(29)27-9-11-33-12-10-27/h5-8,13-14,24H,9-12,15H2,1-4H3,(H,25,28). The number of aryl methyl sites for hydroxylation is 1. The van der Waals surface area contributed by atoms with E-state index in [-0.39, 0.29) is 23.3 Å². The molecule has 0 saturated carbocycles. The van der Waals surface area contributed by atoms with E-state index in [1.54, 1.807) is 42.2 Å². The smallest absolute Gasteiger partial charge is 0.254 e. The summed E-state index contributed by atoms with van der Waals surface area (Å²) in [5.74, 6) is -0.0159. The van der Waals surface area contributed by atoms with Gasteiger partial charge in [-0.25, -0.2) is 12.7 Å². The number of benzene rings is 2. The summed E-state index contributed by atoms with van der Waals surface area (Å²) < 4.78 is 36.8. The molecule has 0 spiro atoms. The number of rotatable bonds is 8. The van der Waals surface area contributed by atoms with Gasteiger partial charge in [-0.05, 0) is 42.8 Å². The lowest BCUT2D eigenvalue weighted by molar-refractivity contribution is -0.114. The van der Waals surface area contributed by atoms with Gasteiger partial charge in [-0.15, -0.1) is 0 Å². The highest BCUT2D eigenvalue weighted by Crippen LogP contribution is 2.26. The predicted octanol–water partition coefficient (Wildman–Crippen LogP) is 1.78. The Kier molecular flexibility index (Phi) is 8.13. The van der Waals surface area contributed by atoms with Crippen LogP contribution in [0.1, 0.15) is 15.9 Å². The fourth-order valence-electron chi connectivity index (χ4n) is 3.46. The van der Waals surface area contributed by atoms with Crippen molar-refractivity contribution in [3.63, 3.8) is 0 Å². The van der Waals surface area contributed by atoms with Gasteiger partial charge in [0.1, 0.15) is 5.75 Å². The number of nitrogens with one attached hydrogen (secondary N) is 2. The van der Waals surface area contributed by atoms with E-state index < -0.39 is 10.0 Å². The zero-order valence-corrected chi connectivity index (χ0v) is 20.6. The maximum atomic E-state index is 12.8. The lowest BCUT2D eigenvalue weighted by atomic mass is 10.1. The Hall–Kier alpha value is -3.15. The second-order valence-corrected chi connectivity index (χ2v) is 10.1. The fourth-order valence-corrected chi connectivity index (χ4v) is 4.61. The summed E-state index contributed by atoms with van der Waals surface area (Å²) in [4.78, 5) is 27.2. The molecule has 2 amide bonds. The number of carbonyl (C=O) groups is 2. The van der Waals surface area contributed by atoms with Gasteiger partial charge in [0.2, 0.25) is 15.9 Å². The van der Waals surface area contributed by atoms with Crippen molar-refractivity contribution in [1.29, 1.82) is 0 Å². The van der Waals surface area contributed by atoms with Crippen LogP contribution in [0.15, 0.2) is 41.3 Å². The Morgan fingerprint density at radius 2 is 1.82 bits per heavy atom. The third-order valence-corrected chi connectivity index (χ3v) is 7.37. The number of carbonyl (C=O) groups excluding carboxylic acids is 2. The molecule has 1 aliphatic heterocycles. The van der Waals surface area contributed by atoms with Gasteiger partial charge in [0, 0.05) is 38.4 Å². The summed E-state index contributed by atoms with van der Waals surface area (Å²) in [6, 6.07) is 9.72. The summed E-state index contributed by atoms with van der Waals surface area (Å²) in [6.07, 6.45) is 0. The van der Waals surface area contributed by atoms with E-state index in [1.807, 2.05) is 0 Å². The average Bonchev–Trinajstić information content (AvgIpc) is 2.83. The zero-order valence-electron chi connectivity index (χ0n) is 19.8. The molecular formula is C23H30N4O6S. The lowest BCUT2D eigenvalue weighted by Gasteiger charge is -2.27. The Bertz CT molecular complexity index is 1160. The molecule has 0 aliphatic carbocycles. The van der Waals surface area contributed by atoms with Gasteiger partial charge in [-0.1, -0.05) is 6.07 Å². The molecular weight excluding hydrogens is 460 g/mol. The first-order valence-electron chi connectivity index (χ1n) is 10.8. The Morgan fingerprint density at radius 1 is 1.12 bits per heavy atom. The molecule has 11 heteroatoms. The molecule has 1 fully saturated rings. The minimum atomic E-state index is -3.65. The van der Waals surface area contributed by atoms with Crippen LogP contribution in [0, 0.1) is 6.92 Å². The monoisotopic (exact) mass is 490 g/mol. The maximum absolute atomic E-state index is 12.8. The van der Waals surface area contributed by atoms with Crippen molar-refractivity contribution in [3.8, 4) is 5.75 Å². The van der Waals surface area contributed by atoms with Crippen LogP contribution in [0.3, 0.4) is 0 Å². The molecule has 1 heterocycles. The predicted molar refractivity (Wildman–Crippen MR) is 129 cm³/mol. The van der Waals surface area contributed by atoms with Crippen LogP contribution < -0.4 is 15.4 Å². The normalized spacial score (nSPS) is 14.1. The summed E-state index contributed by atoms with van der Waals surface area (Å²) in [7, 11) is 0.764. The summed E-state index contributed by atoms with van der Waals surface area (Å²) in [6.45, 7) is 3.64. The Labute approximate surface area is 199 Å². The molecule has 1 aliphatic rings. The number of anilines is 2. The van der Waals surface area contributed by atoms with Crippen LogP contribution in [0.5, 0.6) is 5.75 Å². The number of nitrogens with zero attached hydrogens (tertiary/aromatic N) is 2. The summed E-state index contributed by atoms with van der Waals surface area (Å²) in [5.41, 5.74) is 1.91. The number of amides is 2. The summed E-state index contributed by atoms with van der Waals surface area (Å²) in [5, 5.41) is 5.70. The molecule has 2 aromatic rings. The first kappa shape index (κ1) is 25.5. The topological polar surface area (TPSA) is 117 Å². The highest BCUT2D eigenvalue weighted by atomic mass is 32.2. The van der Waals surface area contributed by atoms with Crippen LogP contribution in [0.25, 0.3) is 0 Å². The number of hydrogen-bond donors (Lipinski definition) is 2. The van der Waals surface area contributed by atoms with Crippen molar-refractivity contribution in [1.82, 2.24) is 9.21 Å². The van der Waals surface area contributed by atoms with E-state index in [0.717, 1.165) is 4.31 Å². The fraction of sp³-hybridized carbons (Fsp3) is 0.391. The molecule has 0 radical (unpaired) electrons. The Balaban J connectivity index is 1.70. The number of ether oxygens (including phenoxy) is 2. The molecule has 2 aromatic carbocycles. The van der Waals surface area contributed by atoms with E-state index in [2.05, 4.69) is 10.6 Å². The van der Waals surface area contributed by atoms with Crippen molar-refractivity contribution in [2.75, 3.05) is 64.7 Å². The first-order valence-corrected chi connectivity index (χ1v) is 12.2. The van der Waals surface area contributed by atoms with Gasteiger partial charge in [0.05, 0.1) is 37.5 Å². The summed E-state index contributed by atoms with van der Waals surface area (Å²) >= 11 is 0. The molecule has 184 valence electrons. The van der Waals surface area contributed by atoms with Gasteiger partial charge in [-0.3, -0.25) is 9.59 Å². The van der Waals surface area contributed by atoms with Crippen LogP contribution >= 0.6 is 0 Å². The number of hydrogen-bond acceptors (Lipinski definition) is 7. The van der Waals surface area contributed by atoms with Crippen molar-refractivity contribution >= 4 is 33.2 Å². The van der Waals surface area contributed by atoms with Crippen molar-refractivity contribution in [3.05, 3.63) is 47.5 Å². The zero-order chi connectivity index (χ0) is 24.9. The molecule has 0 aromatic heterocycles. The van der Waals surface area contributed by atoms with Crippen molar-refractivity contribution < 1.29 is 27.5 Å². The number of morpholine rings is 1. The third-order valence-electron chi connectivity index (χ3n) is 5.41. The highest BCUT2D eigenvalue weighted by Gasteiger charge is 2.21. The lowest BCUT2D eigenvalue weighted by Crippen LogP contribution is -2.40. The molecule has 1 saturated heterocycles. The van der Waals surface area contributed by atoms with Gasteiger partial charge in [0.25, 0.3) is 5.91 Å². The average molecular weight is 491 g/mol. The molecule has 2 N–H and O–H groups in total. The molecule has 0 unspecified atom stereocenters.